The van der Waals surface area contributed by atoms with E-state index >= 15 is 0 Å². The van der Waals surface area contributed by atoms with Gasteiger partial charge in [0.25, 0.3) is 0 Å². The van der Waals surface area contributed by atoms with E-state index < -0.39 is 0 Å². The first-order valence-electron chi connectivity index (χ1n) is 17.1. The van der Waals surface area contributed by atoms with E-state index in [-0.39, 0.29) is 5.92 Å². The summed E-state index contributed by atoms with van der Waals surface area (Å²) in [6.07, 6.45) is 9.90. The van der Waals surface area contributed by atoms with Crippen molar-refractivity contribution in [3.05, 3.63) is 89.5 Å². The fourth-order valence-electron chi connectivity index (χ4n) is 5.93. The van der Waals surface area contributed by atoms with E-state index in [2.05, 4.69) is 129 Å². The van der Waals surface area contributed by atoms with Crippen LogP contribution in [0.25, 0.3) is 0 Å². The summed E-state index contributed by atoms with van der Waals surface area (Å²) in [5.41, 5.74) is 8.10. The minimum Gasteiger partial charge on any atom is -0.372 e. The van der Waals surface area contributed by atoms with Crippen molar-refractivity contribution in [1.29, 1.82) is 0 Å². The van der Waals surface area contributed by atoms with Gasteiger partial charge in [-0.15, -0.1) is 0 Å². The SMILES string of the molecule is CCCCN(CCCC)c1ccc(C(c2ccc(N(CC)CC)cc2)c2ccc(N(CCCC)CCCC)cc2)cc1. The van der Waals surface area contributed by atoms with Crippen molar-refractivity contribution in [3.63, 3.8) is 0 Å². The van der Waals surface area contributed by atoms with Crippen LogP contribution in [-0.2, 0) is 0 Å². The zero-order valence-corrected chi connectivity index (χ0v) is 27.7. The van der Waals surface area contributed by atoms with Crippen LogP contribution < -0.4 is 14.7 Å². The van der Waals surface area contributed by atoms with Crippen LogP contribution in [0.2, 0.25) is 0 Å². The minimum atomic E-state index is 0.207. The summed E-state index contributed by atoms with van der Waals surface area (Å²) in [6.45, 7) is 20.2. The Bertz CT molecular complexity index is 1020. The van der Waals surface area contributed by atoms with E-state index in [1.165, 1.54) is 85.1 Å². The van der Waals surface area contributed by atoms with E-state index in [4.69, 9.17) is 0 Å². The molecule has 0 aliphatic carbocycles. The van der Waals surface area contributed by atoms with E-state index in [1.54, 1.807) is 0 Å². The molecule has 0 aliphatic rings. The van der Waals surface area contributed by atoms with Gasteiger partial charge in [0.15, 0.2) is 0 Å². The molecule has 0 spiro atoms. The molecule has 3 aromatic rings. The lowest BCUT2D eigenvalue weighted by Crippen LogP contribution is -2.25. The fourth-order valence-corrected chi connectivity index (χ4v) is 5.93. The Morgan fingerprint density at radius 2 is 0.643 bits per heavy atom. The molecule has 0 atom stereocenters. The normalized spacial score (nSPS) is 11.2. The van der Waals surface area contributed by atoms with Crippen molar-refractivity contribution >= 4 is 17.1 Å². The minimum absolute atomic E-state index is 0.207. The van der Waals surface area contributed by atoms with Crippen LogP contribution in [0.4, 0.5) is 17.1 Å². The predicted octanol–water partition coefficient (Wildman–Crippen LogP) is 10.5. The number of anilines is 3. The molecule has 3 rings (SSSR count). The Kier molecular flexibility index (Phi) is 14.8. The van der Waals surface area contributed by atoms with Gasteiger partial charge in [0.05, 0.1) is 0 Å². The maximum absolute atomic E-state index is 2.58. The second-order valence-electron chi connectivity index (χ2n) is 11.8. The average Bonchev–Trinajstić information content (AvgIpc) is 3.03. The lowest BCUT2D eigenvalue weighted by Gasteiger charge is -2.27. The molecule has 0 aromatic heterocycles. The highest BCUT2D eigenvalue weighted by Crippen LogP contribution is 2.35. The van der Waals surface area contributed by atoms with E-state index in [0.29, 0.717) is 0 Å². The Morgan fingerprint density at radius 3 is 0.881 bits per heavy atom. The molecular weight excluding hydrogens is 510 g/mol. The number of unbranched alkanes of at least 4 members (excludes halogenated alkanes) is 4. The first kappa shape index (κ1) is 33.6. The summed E-state index contributed by atoms with van der Waals surface area (Å²) in [7, 11) is 0. The Labute approximate surface area is 258 Å². The third-order valence-electron chi connectivity index (χ3n) is 8.66. The summed E-state index contributed by atoms with van der Waals surface area (Å²) < 4.78 is 0. The molecule has 0 bridgehead atoms. The standard InChI is InChI=1S/C39H59N3/c1-7-13-29-41(30-14-8-2)37-25-19-34(20-26-37)39(33-17-23-36(24-18-33)40(11-5)12-6)35-21-27-38(28-22-35)42(31-15-9-3)32-16-10-4/h17-28,39H,7-16,29-32H2,1-6H3. The third kappa shape index (κ3) is 9.54. The van der Waals surface area contributed by atoms with Gasteiger partial charge in [0, 0.05) is 62.2 Å². The second-order valence-corrected chi connectivity index (χ2v) is 11.8. The molecule has 3 aromatic carbocycles. The van der Waals surface area contributed by atoms with Crippen LogP contribution >= 0.6 is 0 Å². The summed E-state index contributed by atoms with van der Waals surface area (Å²) in [4.78, 5) is 7.59. The highest BCUT2D eigenvalue weighted by Gasteiger charge is 2.19. The molecule has 3 heteroatoms. The lowest BCUT2D eigenvalue weighted by atomic mass is 9.85. The number of rotatable bonds is 20. The van der Waals surface area contributed by atoms with Crippen molar-refractivity contribution in [3.8, 4) is 0 Å². The molecule has 0 unspecified atom stereocenters. The van der Waals surface area contributed by atoms with Gasteiger partial charge in [-0.25, -0.2) is 0 Å². The Hall–Kier alpha value is -2.94. The van der Waals surface area contributed by atoms with Crippen LogP contribution in [0.5, 0.6) is 0 Å². The Balaban J connectivity index is 1.97. The molecule has 0 heterocycles. The number of hydrogen-bond donors (Lipinski definition) is 0. The highest BCUT2D eigenvalue weighted by atomic mass is 15.1. The predicted molar refractivity (Wildman–Crippen MR) is 188 cm³/mol. The smallest absolute Gasteiger partial charge is 0.0366 e. The molecule has 3 nitrogen and oxygen atoms in total. The zero-order chi connectivity index (χ0) is 30.2. The molecule has 0 aliphatic heterocycles. The van der Waals surface area contributed by atoms with Crippen molar-refractivity contribution < 1.29 is 0 Å². The van der Waals surface area contributed by atoms with E-state index in [9.17, 15) is 0 Å². The van der Waals surface area contributed by atoms with Crippen LogP contribution in [0.1, 0.15) is 116 Å². The molecule has 42 heavy (non-hydrogen) atoms. The van der Waals surface area contributed by atoms with Crippen molar-refractivity contribution in [2.45, 2.75) is 98.8 Å². The van der Waals surface area contributed by atoms with Gasteiger partial charge in [-0.2, -0.15) is 0 Å². The summed E-state index contributed by atoms with van der Waals surface area (Å²) in [5, 5.41) is 0. The average molecular weight is 570 g/mol. The van der Waals surface area contributed by atoms with E-state index in [1.807, 2.05) is 0 Å². The van der Waals surface area contributed by atoms with Gasteiger partial charge >= 0.3 is 0 Å². The first-order valence-corrected chi connectivity index (χ1v) is 17.1. The molecule has 0 saturated heterocycles. The van der Waals surface area contributed by atoms with E-state index in [0.717, 1.165) is 39.3 Å². The summed E-state index contributed by atoms with van der Waals surface area (Å²) in [5.74, 6) is 0.207. The topological polar surface area (TPSA) is 9.72 Å². The number of benzene rings is 3. The van der Waals surface area contributed by atoms with Crippen LogP contribution in [0.15, 0.2) is 72.8 Å². The summed E-state index contributed by atoms with van der Waals surface area (Å²) >= 11 is 0. The van der Waals surface area contributed by atoms with Gasteiger partial charge in [0.2, 0.25) is 0 Å². The third-order valence-corrected chi connectivity index (χ3v) is 8.66. The molecule has 0 fully saturated rings. The van der Waals surface area contributed by atoms with Crippen molar-refractivity contribution in [2.75, 3.05) is 54.0 Å². The quantitative estimate of drug-likeness (QED) is 0.125. The first-order chi connectivity index (χ1) is 20.6. The van der Waals surface area contributed by atoms with Crippen molar-refractivity contribution in [1.82, 2.24) is 0 Å². The maximum atomic E-state index is 2.58. The number of hydrogen-bond acceptors (Lipinski definition) is 3. The van der Waals surface area contributed by atoms with Crippen LogP contribution in [-0.4, -0.2) is 39.3 Å². The highest BCUT2D eigenvalue weighted by molar-refractivity contribution is 5.56. The molecule has 0 saturated carbocycles. The summed E-state index contributed by atoms with van der Waals surface area (Å²) in [6, 6.07) is 28.3. The van der Waals surface area contributed by atoms with Gasteiger partial charge < -0.3 is 14.7 Å². The molecule has 0 radical (unpaired) electrons. The Morgan fingerprint density at radius 1 is 0.381 bits per heavy atom. The van der Waals surface area contributed by atoms with Gasteiger partial charge in [-0.3, -0.25) is 0 Å². The van der Waals surface area contributed by atoms with Crippen LogP contribution in [0.3, 0.4) is 0 Å². The van der Waals surface area contributed by atoms with Gasteiger partial charge in [0.1, 0.15) is 0 Å². The molecule has 0 amide bonds. The van der Waals surface area contributed by atoms with Gasteiger partial charge in [-0.1, -0.05) is 89.8 Å². The largest absolute Gasteiger partial charge is 0.372 e. The monoisotopic (exact) mass is 569 g/mol. The molecule has 230 valence electrons. The van der Waals surface area contributed by atoms with Crippen molar-refractivity contribution in [2.24, 2.45) is 0 Å². The maximum Gasteiger partial charge on any atom is 0.0366 e. The molecule has 0 N–H and O–H groups in total. The zero-order valence-electron chi connectivity index (χ0n) is 27.7. The lowest BCUT2D eigenvalue weighted by molar-refractivity contribution is 0.677. The van der Waals surface area contributed by atoms with Gasteiger partial charge in [-0.05, 0) is 92.6 Å². The second kappa shape index (κ2) is 18.6. The number of nitrogens with zero attached hydrogens (tertiary/aromatic N) is 3. The fraction of sp³-hybridized carbons (Fsp3) is 0.538. The molecular formula is C39H59N3. The van der Waals surface area contributed by atoms with Crippen LogP contribution in [0, 0.1) is 0 Å².